The lowest BCUT2D eigenvalue weighted by molar-refractivity contribution is -0.145. The molecule has 1 aliphatic heterocycles. The van der Waals surface area contributed by atoms with E-state index in [1.54, 1.807) is 21.1 Å². The lowest BCUT2D eigenvalue weighted by Crippen LogP contribution is -2.47. The van der Waals surface area contributed by atoms with Gasteiger partial charge in [0.15, 0.2) is 0 Å². The van der Waals surface area contributed by atoms with E-state index in [2.05, 4.69) is 0 Å². The quantitative estimate of drug-likeness (QED) is 0.716. The van der Waals surface area contributed by atoms with Crippen LogP contribution < -0.4 is 5.69 Å². The Balaban J connectivity index is 1.58. The van der Waals surface area contributed by atoms with Crippen LogP contribution in [0.1, 0.15) is 18.6 Å². The molecule has 1 aliphatic rings. The number of aromatic nitrogens is 2. The van der Waals surface area contributed by atoms with Gasteiger partial charge >= 0.3 is 5.69 Å². The van der Waals surface area contributed by atoms with E-state index < -0.39 is 0 Å². The summed E-state index contributed by atoms with van der Waals surface area (Å²) < 4.78 is 9.17. The molecular formula is C21H23N3O3. The number of imidazole rings is 1. The molecule has 4 rings (SSSR count). The summed E-state index contributed by atoms with van der Waals surface area (Å²) in [5, 5.41) is 0. The second kappa shape index (κ2) is 7.04. The molecule has 0 saturated carbocycles. The molecule has 2 aromatic carbocycles. The van der Waals surface area contributed by atoms with E-state index in [-0.39, 0.29) is 30.3 Å². The molecule has 2 atom stereocenters. The van der Waals surface area contributed by atoms with Crippen LogP contribution >= 0.6 is 0 Å². The van der Waals surface area contributed by atoms with Gasteiger partial charge in [-0.15, -0.1) is 0 Å². The molecule has 1 saturated heterocycles. The molecule has 1 amide bonds. The van der Waals surface area contributed by atoms with E-state index in [1.807, 2.05) is 61.5 Å². The van der Waals surface area contributed by atoms with Crippen molar-refractivity contribution in [3.63, 3.8) is 0 Å². The standard InChI is InChI=1S/C21H23N3O3/c1-15-12-23(13-19(27-15)16-8-4-3-5-9-16)20(25)14-24-18-11-7-6-10-17(18)22(2)21(24)26/h3-11,15,19H,12-14H2,1-2H3. The summed E-state index contributed by atoms with van der Waals surface area (Å²) in [4.78, 5) is 27.4. The normalized spacial score (nSPS) is 20.1. The van der Waals surface area contributed by atoms with Gasteiger partial charge in [-0.05, 0) is 24.6 Å². The van der Waals surface area contributed by atoms with Crippen molar-refractivity contribution in [3.8, 4) is 0 Å². The molecule has 6 nitrogen and oxygen atoms in total. The van der Waals surface area contributed by atoms with Crippen molar-refractivity contribution in [3.05, 3.63) is 70.6 Å². The second-order valence-corrected chi connectivity index (χ2v) is 7.06. The average molecular weight is 365 g/mol. The highest BCUT2D eigenvalue weighted by molar-refractivity contribution is 5.81. The van der Waals surface area contributed by atoms with Crippen LogP contribution in [0.2, 0.25) is 0 Å². The molecule has 140 valence electrons. The molecule has 27 heavy (non-hydrogen) atoms. The lowest BCUT2D eigenvalue weighted by Gasteiger charge is -2.37. The third-order valence-electron chi connectivity index (χ3n) is 5.13. The number of hydrogen-bond acceptors (Lipinski definition) is 3. The number of rotatable bonds is 3. The first-order valence-electron chi connectivity index (χ1n) is 9.17. The van der Waals surface area contributed by atoms with E-state index in [0.717, 1.165) is 16.6 Å². The predicted octanol–water partition coefficient (Wildman–Crippen LogP) is 2.33. The minimum absolute atomic E-state index is 0.0361. The van der Waals surface area contributed by atoms with Crippen molar-refractivity contribution in [2.24, 2.45) is 7.05 Å². The maximum Gasteiger partial charge on any atom is 0.329 e. The smallest absolute Gasteiger partial charge is 0.329 e. The Kier molecular flexibility index (Phi) is 4.58. The molecule has 1 fully saturated rings. The molecule has 0 spiro atoms. The molecule has 0 aliphatic carbocycles. The molecule has 2 unspecified atom stereocenters. The van der Waals surface area contributed by atoms with Crippen LogP contribution in [0, 0.1) is 0 Å². The fourth-order valence-electron chi connectivity index (χ4n) is 3.76. The average Bonchev–Trinajstić information content (AvgIpc) is 2.93. The molecular weight excluding hydrogens is 342 g/mol. The van der Waals surface area contributed by atoms with Gasteiger partial charge in [-0.2, -0.15) is 0 Å². The molecule has 3 aromatic rings. The number of ether oxygens (including phenoxy) is 1. The fraction of sp³-hybridized carbons (Fsp3) is 0.333. The van der Waals surface area contributed by atoms with Crippen LogP contribution in [0.25, 0.3) is 11.0 Å². The Morgan fingerprint density at radius 3 is 2.44 bits per heavy atom. The van der Waals surface area contributed by atoms with Crippen molar-refractivity contribution in [1.82, 2.24) is 14.0 Å². The van der Waals surface area contributed by atoms with Crippen LogP contribution in [0.4, 0.5) is 0 Å². The van der Waals surface area contributed by atoms with Crippen LogP contribution in [0.3, 0.4) is 0 Å². The fourth-order valence-corrected chi connectivity index (χ4v) is 3.76. The molecule has 0 N–H and O–H groups in total. The first kappa shape index (κ1) is 17.5. The number of carbonyl (C=O) groups excluding carboxylic acids is 1. The van der Waals surface area contributed by atoms with Crippen LogP contribution in [-0.2, 0) is 23.1 Å². The van der Waals surface area contributed by atoms with Gasteiger partial charge in [0.1, 0.15) is 12.6 Å². The predicted molar refractivity (Wildman–Crippen MR) is 103 cm³/mol. The number of fused-ring (bicyclic) bond motifs is 1. The van der Waals surface area contributed by atoms with E-state index >= 15 is 0 Å². The number of hydrogen-bond donors (Lipinski definition) is 0. The number of nitrogens with zero attached hydrogens (tertiary/aromatic N) is 3. The maximum absolute atomic E-state index is 13.0. The Morgan fingerprint density at radius 2 is 1.70 bits per heavy atom. The van der Waals surface area contributed by atoms with Gasteiger partial charge in [-0.25, -0.2) is 4.79 Å². The maximum atomic E-state index is 13.0. The first-order chi connectivity index (χ1) is 13.0. The summed E-state index contributed by atoms with van der Waals surface area (Å²) in [6.07, 6.45) is -0.208. The first-order valence-corrected chi connectivity index (χ1v) is 9.17. The largest absolute Gasteiger partial charge is 0.367 e. The number of benzene rings is 2. The van der Waals surface area contributed by atoms with Gasteiger partial charge < -0.3 is 9.64 Å². The Labute approximate surface area is 157 Å². The summed E-state index contributed by atoms with van der Waals surface area (Å²) in [7, 11) is 1.73. The van der Waals surface area contributed by atoms with Gasteiger partial charge in [-0.1, -0.05) is 42.5 Å². The van der Waals surface area contributed by atoms with Crippen LogP contribution in [-0.4, -0.2) is 39.1 Å². The highest BCUT2D eigenvalue weighted by atomic mass is 16.5. The third kappa shape index (κ3) is 3.28. The summed E-state index contributed by atoms with van der Waals surface area (Å²) in [6.45, 7) is 3.03. The number of aryl methyl sites for hydroxylation is 1. The second-order valence-electron chi connectivity index (χ2n) is 7.06. The van der Waals surface area contributed by atoms with E-state index in [1.165, 1.54) is 0 Å². The number of para-hydroxylation sites is 2. The highest BCUT2D eigenvalue weighted by Gasteiger charge is 2.29. The van der Waals surface area contributed by atoms with Crippen molar-refractivity contribution in [2.45, 2.75) is 25.7 Å². The van der Waals surface area contributed by atoms with Gasteiger partial charge in [0.05, 0.1) is 23.7 Å². The lowest BCUT2D eigenvalue weighted by atomic mass is 10.1. The third-order valence-corrected chi connectivity index (χ3v) is 5.13. The van der Waals surface area contributed by atoms with Gasteiger partial charge in [0, 0.05) is 13.6 Å². The van der Waals surface area contributed by atoms with Crippen molar-refractivity contribution in [1.29, 1.82) is 0 Å². The number of morpholine rings is 1. The van der Waals surface area contributed by atoms with Crippen LogP contribution in [0.5, 0.6) is 0 Å². The summed E-state index contributed by atoms with van der Waals surface area (Å²) in [5.41, 5.74) is 2.49. The topological polar surface area (TPSA) is 56.5 Å². The monoisotopic (exact) mass is 365 g/mol. The molecule has 1 aromatic heterocycles. The summed E-state index contributed by atoms with van der Waals surface area (Å²) in [6, 6.07) is 17.5. The summed E-state index contributed by atoms with van der Waals surface area (Å²) in [5.74, 6) is -0.0652. The van der Waals surface area contributed by atoms with Crippen molar-refractivity contribution >= 4 is 16.9 Å². The van der Waals surface area contributed by atoms with Gasteiger partial charge in [-0.3, -0.25) is 13.9 Å². The van der Waals surface area contributed by atoms with Gasteiger partial charge in [0.2, 0.25) is 5.91 Å². The zero-order valence-corrected chi connectivity index (χ0v) is 15.5. The molecule has 6 heteroatoms. The van der Waals surface area contributed by atoms with E-state index in [0.29, 0.717) is 13.1 Å². The zero-order valence-electron chi connectivity index (χ0n) is 15.5. The molecule has 2 heterocycles. The summed E-state index contributed by atoms with van der Waals surface area (Å²) >= 11 is 0. The SMILES string of the molecule is CC1CN(C(=O)Cn2c(=O)n(C)c3ccccc32)CC(c2ccccc2)O1. The number of carbonyl (C=O) groups is 1. The Bertz CT molecular complexity index is 1020. The minimum atomic E-state index is -0.175. The van der Waals surface area contributed by atoms with E-state index in [9.17, 15) is 9.59 Å². The zero-order chi connectivity index (χ0) is 19.0. The molecule has 0 radical (unpaired) electrons. The molecule has 0 bridgehead atoms. The van der Waals surface area contributed by atoms with Crippen molar-refractivity contribution in [2.75, 3.05) is 13.1 Å². The van der Waals surface area contributed by atoms with Gasteiger partial charge in [0.25, 0.3) is 0 Å². The highest BCUT2D eigenvalue weighted by Crippen LogP contribution is 2.25. The minimum Gasteiger partial charge on any atom is -0.367 e. The number of amides is 1. The Morgan fingerprint density at radius 1 is 1.04 bits per heavy atom. The van der Waals surface area contributed by atoms with Crippen LogP contribution in [0.15, 0.2) is 59.4 Å². The van der Waals surface area contributed by atoms with E-state index in [4.69, 9.17) is 4.74 Å². The Hall–Kier alpha value is -2.86. The van der Waals surface area contributed by atoms with Crippen molar-refractivity contribution < 1.29 is 9.53 Å².